The second kappa shape index (κ2) is 7.39. The first-order valence-corrected chi connectivity index (χ1v) is 10.8. The number of benzene rings is 1. The predicted molar refractivity (Wildman–Crippen MR) is 104 cm³/mol. The van der Waals surface area contributed by atoms with Gasteiger partial charge in [-0.25, -0.2) is 9.18 Å². The average Bonchev–Trinajstić information content (AvgIpc) is 3.24. The fourth-order valence-electron chi connectivity index (χ4n) is 4.52. The van der Waals surface area contributed by atoms with E-state index in [9.17, 15) is 18.8 Å². The normalized spacial score (nSPS) is 30.2. The average molecular weight is 405 g/mol. The van der Waals surface area contributed by atoms with Gasteiger partial charge in [0.05, 0.1) is 0 Å². The molecule has 2 saturated heterocycles. The van der Waals surface area contributed by atoms with Gasteiger partial charge < -0.3 is 10.2 Å². The summed E-state index contributed by atoms with van der Waals surface area (Å²) < 4.78 is 14.2. The van der Waals surface area contributed by atoms with Crippen LogP contribution in [-0.2, 0) is 9.59 Å². The van der Waals surface area contributed by atoms with Crippen LogP contribution >= 0.6 is 11.8 Å². The van der Waals surface area contributed by atoms with Crippen LogP contribution < -0.4 is 5.32 Å². The molecule has 1 spiro atoms. The largest absolute Gasteiger partial charge is 0.325 e. The second-order valence-corrected chi connectivity index (χ2v) is 8.96. The molecule has 150 valence electrons. The Kier molecular flexibility index (Phi) is 5.07. The fourth-order valence-corrected chi connectivity index (χ4v) is 5.82. The van der Waals surface area contributed by atoms with Crippen molar-refractivity contribution in [3.8, 4) is 0 Å². The molecule has 1 aliphatic carbocycles. The van der Waals surface area contributed by atoms with Gasteiger partial charge in [0, 0.05) is 17.9 Å². The van der Waals surface area contributed by atoms with Gasteiger partial charge >= 0.3 is 6.03 Å². The van der Waals surface area contributed by atoms with Crippen molar-refractivity contribution in [2.75, 3.05) is 18.8 Å². The van der Waals surface area contributed by atoms with Gasteiger partial charge in [-0.1, -0.05) is 38.0 Å². The van der Waals surface area contributed by atoms with Gasteiger partial charge in [0.25, 0.3) is 5.91 Å². The number of urea groups is 1. The van der Waals surface area contributed by atoms with E-state index in [4.69, 9.17) is 0 Å². The minimum atomic E-state index is -0.875. The molecule has 0 aromatic heterocycles. The molecule has 2 aliphatic heterocycles. The zero-order valence-electron chi connectivity index (χ0n) is 15.8. The van der Waals surface area contributed by atoms with Crippen molar-refractivity contribution >= 4 is 29.6 Å². The summed E-state index contributed by atoms with van der Waals surface area (Å²) in [5.74, 6) is -0.253. The Morgan fingerprint density at radius 2 is 2.11 bits per heavy atom. The number of amides is 4. The summed E-state index contributed by atoms with van der Waals surface area (Å²) in [7, 11) is 0. The predicted octanol–water partition coefficient (Wildman–Crippen LogP) is 2.90. The molecular weight excluding hydrogens is 381 g/mol. The van der Waals surface area contributed by atoms with Crippen LogP contribution in [0.25, 0.3) is 0 Å². The lowest BCUT2D eigenvalue weighted by atomic mass is 9.73. The maximum absolute atomic E-state index is 14.2. The highest BCUT2D eigenvalue weighted by molar-refractivity contribution is 7.99. The summed E-state index contributed by atoms with van der Waals surface area (Å²) in [6, 6.07) is 5.91. The van der Waals surface area contributed by atoms with E-state index in [0.717, 1.165) is 24.2 Å². The Labute approximate surface area is 167 Å². The van der Waals surface area contributed by atoms with Crippen LogP contribution in [0, 0.1) is 11.7 Å². The van der Waals surface area contributed by atoms with E-state index in [1.807, 2.05) is 6.92 Å². The number of carbonyl (C=O) groups is 3. The van der Waals surface area contributed by atoms with E-state index in [1.165, 1.54) is 17.8 Å². The number of rotatable bonds is 3. The number of hydrogen-bond donors (Lipinski definition) is 1. The van der Waals surface area contributed by atoms with Crippen molar-refractivity contribution < 1.29 is 18.8 Å². The maximum atomic E-state index is 14.2. The summed E-state index contributed by atoms with van der Waals surface area (Å²) in [4.78, 5) is 41.2. The first-order chi connectivity index (χ1) is 13.4. The van der Waals surface area contributed by atoms with E-state index < -0.39 is 16.9 Å². The van der Waals surface area contributed by atoms with Crippen molar-refractivity contribution in [1.82, 2.24) is 15.1 Å². The quantitative estimate of drug-likeness (QED) is 0.785. The second-order valence-electron chi connectivity index (χ2n) is 7.77. The van der Waals surface area contributed by atoms with Crippen LogP contribution in [0.5, 0.6) is 0 Å². The third kappa shape index (κ3) is 3.07. The Bertz CT molecular complexity index is 820. The number of nitrogens with zero attached hydrogens (tertiary/aromatic N) is 2. The highest BCUT2D eigenvalue weighted by atomic mass is 32.2. The van der Waals surface area contributed by atoms with Gasteiger partial charge in [-0.3, -0.25) is 14.5 Å². The molecule has 0 radical (unpaired) electrons. The van der Waals surface area contributed by atoms with Gasteiger partial charge in [-0.2, -0.15) is 0 Å². The molecule has 3 atom stereocenters. The van der Waals surface area contributed by atoms with E-state index in [2.05, 4.69) is 5.32 Å². The van der Waals surface area contributed by atoms with Crippen molar-refractivity contribution in [3.63, 3.8) is 0 Å². The number of halogens is 1. The molecule has 1 saturated carbocycles. The molecule has 3 fully saturated rings. The van der Waals surface area contributed by atoms with Crippen LogP contribution in [0.2, 0.25) is 0 Å². The zero-order valence-corrected chi connectivity index (χ0v) is 16.6. The molecule has 2 heterocycles. The molecule has 28 heavy (non-hydrogen) atoms. The first kappa shape index (κ1) is 19.2. The van der Waals surface area contributed by atoms with Crippen LogP contribution in [-0.4, -0.2) is 52.0 Å². The molecule has 1 N–H and O–H groups in total. The Balaban J connectivity index is 1.51. The monoisotopic (exact) mass is 405 g/mol. The molecule has 0 unspecified atom stereocenters. The number of nitrogens with one attached hydrogen (secondary N) is 1. The topological polar surface area (TPSA) is 69.7 Å². The van der Waals surface area contributed by atoms with Gasteiger partial charge in [-0.05, 0) is 24.8 Å². The summed E-state index contributed by atoms with van der Waals surface area (Å²) in [5, 5.41) is 2.44. The zero-order chi connectivity index (χ0) is 19.9. The molecule has 1 aromatic rings. The molecule has 4 amide bonds. The van der Waals surface area contributed by atoms with Gasteiger partial charge in [-0.15, -0.1) is 11.8 Å². The van der Waals surface area contributed by atoms with Crippen molar-refractivity contribution in [2.24, 2.45) is 5.92 Å². The van der Waals surface area contributed by atoms with E-state index in [-0.39, 0.29) is 30.1 Å². The lowest BCUT2D eigenvalue weighted by Crippen LogP contribution is -2.54. The lowest BCUT2D eigenvalue weighted by molar-refractivity contribution is -0.140. The summed E-state index contributed by atoms with van der Waals surface area (Å²) in [5.41, 5.74) is -0.423. The summed E-state index contributed by atoms with van der Waals surface area (Å²) >= 11 is 1.49. The van der Waals surface area contributed by atoms with E-state index in [1.54, 1.807) is 23.1 Å². The maximum Gasteiger partial charge on any atom is 0.325 e. The highest BCUT2D eigenvalue weighted by Gasteiger charge is 2.55. The minimum Gasteiger partial charge on any atom is -0.324 e. The molecule has 4 rings (SSSR count). The number of imide groups is 1. The SMILES string of the molecule is C[C@@H]1CCCC[C@]12NC(=O)N(CC(=O)N1CCS[C@H]1c1ccccc1F)C2=O. The molecule has 3 aliphatic rings. The molecule has 1 aromatic carbocycles. The van der Waals surface area contributed by atoms with Crippen LogP contribution in [0.3, 0.4) is 0 Å². The lowest BCUT2D eigenvalue weighted by Gasteiger charge is -2.36. The summed E-state index contributed by atoms with van der Waals surface area (Å²) in [6.45, 7) is 2.15. The number of hydrogen-bond acceptors (Lipinski definition) is 4. The Morgan fingerprint density at radius 1 is 1.32 bits per heavy atom. The van der Waals surface area contributed by atoms with Gasteiger partial charge in [0.1, 0.15) is 23.3 Å². The minimum absolute atomic E-state index is 0.0475. The first-order valence-electron chi connectivity index (χ1n) is 9.73. The van der Waals surface area contributed by atoms with Crippen molar-refractivity contribution in [1.29, 1.82) is 0 Å². The Morgan fingerprint density at radius 3 is 2.86 bits per heavy atom. The highest BCUT2D eigenvalue weighted by Crippen LogP contribution is 2.40. The van der Waals surface area contributed by atoms with Crippen LogP contribution in [0.4, 0.5) is 9.18 Å². The van der Waals surface area contributed by atoms with Gasteiger partial charge in [0.15, 0.2) is 0 Å². The number of thioether (sulfide) groups is 1. The standard InChI is InChI=1S/C20H24FN3O3S/c1-13-6-4-5-9-20(13)18(26)24(19(27)22-20)12-16(25)23-10-11-28-17(23)14-7-2-3-8-15(14)21/h2-3,7-8,13,17H,4-6,9-12H2,1H3,(H,22,27)/t13-,17+,20+/m1/s1. The molecule has 6 nitrogen and oxygen atoms in total. The fraction of sp³-hybridized carbons (Fsp3) is 0.550. The van der Waals surface area contributed by atoms with Crippen molar-refractivity contribution in [3.05, 3.63) is 35.6 Å². The van der Waals surface area contributed by atoms with Crippen molar-refractivity contribution in [2.45, 2.75) is 43.5 Å². The number of carbonyl (C=O) groups excluding carboxylic acids is 3. The summed E-state index contributed by atoms with van der Waals surface area (Å²) in [6.07, 6.45) is 3.42. The van der Waals surface area contributed by atoms with E-state index >= 15 is 0 Å². The van der Waals surface area contributed by atoms with Gasteiger partial charge in [0.2, 0.25) is 5.91 Å². The molecule has 0 bridgehead atoms. The Hall–Kier alpha value is -2.09. The van der Waals surface area contributed by atoms with Crippen LogP contribution in [0.1, 0.15) is 43.5 Å². The molecular formula is C20H24FN3O3S. The third-order valence-corrected chi connectivity index (χ3v) is 7.42. The van der Waals surface area contributed by atoms with E-state index in [0.29, 0.717) is 24.3 Å². The van der Waals surface area contributed by atoms with Crippen LogP contribution in [0.15, 0.2) is 24.3 Å². The third-order valence-electron chi connectivity index (χ3n) is 6.18. The smallest absolute Gasteiger partial charge is 0.324 e. The molecule has 8 heteroatoms.